The Labute approximate surface area is 199 Å². The van der Waals surface area contributed by atoms with Crippen LogP contribution in [0.4, 0.5) is 5.69 Å². The molecule has 1 N–H and O–H groups in total. The third-order valence-electron chi connectivity index (χ3n) is 6.12. The van der Waals surface area contributed by atoms with Crippen molar-refractivity contribution in [3.05, 3.63) is 64.7 Å². The molecular formula is C23H27ClN4O4S. The first-order chi connectivity index (χ1) is 15.8. The third-order valence-corrected chi connectivity index (χ3v) is 8.16. The summed E-state index contributed by atoms with van der Waals surface area (Å²) in [5.74, 6) is -1.04. The zero-order chi connectivity index (χ0) is 23.6. The zero-order valence-electron chi connectivity index (χ0n) is 18.4. The van der Waals surface area contributed by atoms with E-state index in [1.807, 2.05) is 24.3 Å². The van der Waals surface area contributed by atoms with Gasteiger partial charge in [0.1, 0.15) is 0 Å². The third kappa shape index (κ3) is 5.22. The standard InChI is InChI=1S/C23H27ClN4O4S/c1-26-10-12-27(13-11-26)21(19-7-2-3-8-20(19)24)16-25-23(30)17-5-4-6-18(15-17)28-22(29)9-14-33(28,31)32/h2-8,15,21H,9-14,16H2,1H3,(H,25,30). The van der Waals surface area contributed by atoms with E-state index in [-0.39, 0.29) is 29.8 Å². The maximum Gasteiger partial charge on any atom is 0.251 e. The summed E-state index contributed by atoms with van der Waals surface area (Å²) in [5, 5.41) is 3.63. The lowest BCUT2D eigenvalue weighted by atomic mass is 10.0. The van der Waals surface area contributed by atoms with Crippen LogP contribution in [0.3, 0.4) is 0 Å². The van der Waals surface area contributed by atoms with Crippen LogP contribution >= 0.6 is 11.6 Å². The molecule has 10 heteroatoms. The molecule has 1 atom stereocenters. The molecule has 2 aromatic rings. The van der Waals surface area contributed by atoms with Crippen LogP contribution < -0.4 is 9.62 Å². The number of rotatable bonds is 6. The van der Waals surface area contributed by atoms with Crippen molar-refractivity contribution in [2.45, 2.75) is 12.5 Å². The number of amides is 2. The lowest BCUT2D eigenvalue weighted by Gasteiger charge is -2.38. The van der Waals surface area contributed by atoms with Gasteiger partial charge in [0, 0.05) is 49.7 Å². The molecule has 2 aromatic carbocycles. The van der Waals surface area contributed by atoms with E-state index in [0.29, 0.717) is 17.1 Å². The van der Waals surface area contributed by atoms with Crippen LogP contribution in [-0.4, -0.2) is 75.6 Å². The summed E-state index contributed by atoms with van der Waals surface area (Å²) >= 11 is 6.49. The van der Waals surface area contributed by atoms with Gasteiger partial charge in [-0.25, -0.2) is 12.7 Å². The fourth-order valence-electron chi connectivity index (χ4n) is 4.25. The van der Waals surface area contributed by atoms with Crippen molar-refractivity contribution in [2.75, 3.05) is 49.8 Å². The van der Waals surface area contributed by atoms with Crippen molar-refractivity contribution < 1.29 is 18.0 Å². The van der Waals surface area contributed by atoms with Crippen LogP contribution in [0.5, 0.6) is 0 Å². The van der Waals surface area contributed by atoms with Crippen LogP contribution in [0.15, 0.2) is 48.5 Å². The number of likely N-dealkylation sites (N-methyl/N-ethyl adjacent to an activating group) is 1. The van der Waals surface area contributed by atoms with Gasteiger partial charge in [-0.2, -0.15) is 0 Å². The Morgan fingerprint density at radius 2 is 1.82 bits per heavy atom. The van der Waals surface area contributed by atoms with Crippen molar-refractivity contribution in [1.29, 1.82) is 0 Å². The first-order valence-corrected chi connectivity index (χ1v) is 12.9. The molecule has 0 aromatic heterocycles. The van der Waals surface area contributed by atoms with Gasteiger partial charge in [-0.1, -0.05) is 35.9 Å². The highest BCUT2D eigenvalue weighted by Crippen LogP contribution is 2.29. The van der Waals surface area contributed by atoms with E-state index in [9.17, 15) is 18.0 Å². The highest BCUT2D eigenvalue weighted by atomic mass is 35.5. The molecule has 0 bridgehead atoms. The van der Waals surface area contributed by atoms with Crippen LogP contribution in [0.2, 0.25) is 5.02 Å². The summed E-state index contributed by atoms with van der Waals surface area (Å²) in [7, 11) is -1.61. The van der Waals surface area contributed by atoms with Crippen molar-refractivity contribution in [2.24, 2.45) is 0 Å². The van der Waals surface area contributed by atoms with Crippen LogP contribution in [0.1, 0.15) is 28.4 Å². The van der Waals surface area contributed by atoms with Crippen LogP contribution in [-0.2, 0) is 14.8 Å². The Hall–Kier alpha value is -2.46. The summed E-state index contributed by atoms with van der Waals surface area (Å²) < 4.78 is 25.3. The Morgan fingerprint density at radius 1 is 1.09 bits per heavy atom. The molecule has 0 radical (unpaired) electrons. The lowest BCUT2D eigenvalue weighted by molar-refractivity contribution is -0.116. The van der Waals surface area contributed by atoms with Crippen molar-refractivity contribution >= 4 is 39.1 Å². The average Bonchev–Trinajstić information content (AvgIpc) is 3.08. The number of carbonyl (C=O) groups is 2. The molecule has 33 heavy (non-hydrogen) atoms. The normalized spacial score (nSPS) is 20.1. The Bertz CT molecular complexity index is 1150. The van der Waals surface area contributed by atoms with Crippen molar-refractivity contribution in [3.8, 4) is 0 Å². The maximum atomic E-state index is 13.0. The SMILES string of the molecule is CN1CCN(C(CNC(=O)c2cccc(N3C(=O)CCS3(=O)=O)c2)c2ccccc2Cl)CC1. The van der Waals surface area contributed by atoms with Gasteiger partial charge in [0.2, 0.25) is 15.9 Å². The molecule has 1 unspecified atom stereocenters. The molecular weight excluding hydrogens is 464 g/mol. The number of hydrogen-bond acceptors (Lipinski definition) is 6. The average molecular weight is 491 g/mol. The molecule has 2 aliphatic heterocycles. The Morgan fingerprint density at radius 3 is 2.48 bits per heavy atom. The van der Waals surface area contributed by atoms with E-state index in [0.717, 1.165) is 36.0 Å². The fourth-order valence-corrected chi connectivity index (χ4v) is 5.96. The van der Waals surface area contributed by atoms with Crippen LogP contribution in [0, 0.1) is 0 Å². The Balaban J connectivity index is 1.52. The summed E-state index contributed by atoms with van der Waals surface area (Å²) in [4.78, 5) is 29.7. The molecule has 2 heterocycles. The smallest absolute Gasteiger partial charge is 0.251 e. The first kappa shape index (κ1) is 23.7. The van der Waals surface area contributed by atoms with Gasteiger partial charge in [0.05, 0.1) is 17.5 Å². The van der Waals surface area contributed by atoms with Gasteiger partial charge in [0.15, 0.2) is 0 Å². The van der Waals surface area contributed by atoms with Gasteiger partial charge < -0.3 is 10.2 Å². The minimum Gasteiger partial charge on any atom is -0.350 e. The summed E-state index contributed by atoms with van der Waals surface area (Å²) in [6, 6.07) is 13.7. The highest BCUT2D eigenvalue weighted by Gasteiger charge is 2.36. The van der Waals surface area contributed by atoms with E-state index < -0.39 is 15.9 Å². The molecule has 0 aliphatic carbocycles. The molecule has 4 rings (SSSR count). The first-order valence-electron chi connectivity index (χ1n) is 10.9. The van der Waals surface area contributed by atoms with E-state index in [4.69, 9.17) is 11.6 Å². The predicted octanol–water partition coefficient (Wildman–Crippen LogP) is 2.12. The molecule has 8 nitrogen and oxygen atoms in total. The number of benzene rings is 2. The lowest BCUT2D eigenvalue weighted by Crippen LogP contribution is -2.48. The van der Waals surface area contributed by atoms with Gasteiger partial charge in [-0.3, -0.25) is 14.5 Å². The maximum absolute atomic E-state index is 13.0. The number of piperazine rings is 1. The topological polar surface area (TPSA) is 90.0 Å². The molecule has 2 fully saturated rings. The number of halogens is 1. The minimum atomic E-state index is -3.69. The number of hydrogen-bond donors (Lipinski definition) is 1. The number of nitrogens with zero attached hydrogens (tertiary/aromatic N) is 3. The van der Waals surface area contributed by atoms with Gasteiger partial charge in [0.25, 0.3) is 5.91 Å². The Kier molecular flexibility index (Phi) is 7.04. The largest absolute Gasteiger partial charge is 0.350 e. The quantitative estimate of drug-likeness (QED) is 0.667. The molecule has 2 aliphatic rings. The molecule has 2 amide bonds. The number of sulfonamides is 1. The van der Waals surface area contributed by atoms with Gasteiger partial charge >= 0.3 is 0 Å². The summed E-state index contributed by atoms with van der Waals surface area (Å²) in [6.45, 7) is 3.90. The van der Waals surface area contributed by atoms with Crippen molar-refractivity contribution in [3.63, 3.8) is 0 Å². The molecule has 176 valence electrons. The fraction of sp³-hybridized carbons (Fsp3) is 0.391. The summed E-state index contributed by atoms with van der Waals surface area (Å²) in [6.07, 6.45) is -0.0523. The molecule has 0 spiro atoms. The monoisotopic (exact) mass is 490 g/mol. The highest BCUT2D eigenvalue weighted by molar-refractivity contribution is 7.94. The van der Waals surface area contributed by atoms with E-state index in [1.165, 1.54) is 12.1 Å². The van der Waals surface area contributed by atoms with E-state index in [1.54, 1.807) is 12.1 Å². The van der Waals surface area contributed by atoms with E-state index >= 15 is 0 Å². The van der Waals surface area contributed by atoms with Crippen LogP contribution in [0.25, 0.3) is 0 Å². The second-order valence-corrected chi connectivity index (χ2v) is 10.7. The number of carbonyl (C=O) groups excluding carboxylic acids is 2. The van der Waals surface area contributed by atoms with Crippen molar-refractivity contribution in [1.82, 2.24) is 15.1 Å². The second kappa shape index (κ2) is 9.80. The number of anilines is 1. The zero-order valence-corrected chi connectivity index (χ0v) is 20.0. The minimum absolute atomic E-state index is 0.0523. The second-order valence-electron chi connectivity index (χ2n) is 8.36. The summed E-state index contributed by atoms with van der Waals surface area (Å²) in [5.41, 5.74) is 1.43. The molecule has 0 saturated carbocycles. The molecule has 2 saturated heterocycles. The van der Waals surface area contributed by atoms with E-state index in [2.05, 4.69) is 22.2 Å². The number of nitrogens with one attached hydrogen (secondary N) is 1. The predicted molar refractivity (Wildman–Crippen MR) is 128 cm³/mol. The van der Waals surface area contributed by atoms with Gasteiger partial charge in [-0.05, 0) is 36.9 Å². The van der Waals surface area contributed by atoms with Gasteiger partial charge in [-0.15, -0.1) is 0 Å².